The Hall–Kier alpha value is -1.72. The molecule has 25 heavy (non-hydrogen) atoms. The number of imide groups is 1. The number of rotatable bonds is 6. The fourth-order valence-corrected chi connectivity index (χ4v) is 3.81. The van der Waals surface area contributed by atoms with Gasteiger partial charge in [-0.3, -0.25) is 19.4 Å². The Bertz CT molecular complexity index is 596. The molecule has 0 aromatic heterocycles. The standard InChI is InChI=1S/C20H29N3O2/c1-3-15(2)23-19(24)13-18(20(23)25)21-17-9-11-22(12-10-17)14-16-7-5-4-6-8-16/h4-8,15,17-18,21H,3,9-14H2,1-2H3. The largest absolute Gasteiger partial charge is 0.303 e. The maximum Gasteiger partial charge on any atom is 0.247 e. The summed E-state index contributed by atoms with van der Waals surface area (Å²) in [7, 11) is 0. The average Bonchev–Trinajstić information content (AvgIpc) is 2.90. The van der Waals surface area contributed by atoms with Gasteiger partial charge in [-0.1, -0.05) is 37.3 Å². The molecule has 1 aromatic carbocycles. The van der Waals surface area contributed by atoms with Crippen LogP contribution in [0.25, 0.3) is 0 Å². The summed E-state index contributed by atoms with van der Waals surface area (Å²) in [5.41, 5.74) is 1.34. The van der Waals surface area contributed by atoms with Crippen molar-refractivity contribution in [3.8, 4) is 0 Å². The van der Waals surface area contributed by atoms with Crippen LogP contribution in [-0.2, 0) is 16.1 Å². The molecule has 5 nitrogen and oxygen atoms in total. The summed E-state index contributed by atoms with van der Waals surface area (Å²) >= 11 is 0. The Morgan fingerprint density at radius 1 is 1.16 bits per heavy atom. The number of piperidine rings is 1. The predicted molar refractivity (Wildman–Crippen MR) is 97.9 cm³/mol. The lowest BCUT2D eigenvalue weighted by molar-refractivity contribution is -0.141. The summed E-state index contributed by atoms with van der Waals surface area (Å²) in [6.45, 7) is 6.98. The molecule has 2 unspecified atom stereocenters. The number of likely N-dealkylation sites (tertiary alicyclic amines) is 2. The summed E-state index contributed by atoms with van der Waals surface area (Å²) in [5.74, 6) is -0.0653. The van der Waals surface area contributed by atoms with Crippen LogP contribution in [0.2, 0.25) is 0 Å². The highest BCUT2D eigenvalue weighted by atomic mass is 16.2. The van der Waals surface area contributed by atoms with Gasteiger partial charge in [0, 0.05) is 18.6 Å². The average molecular weight is 343 g/mol. The first-order valence-electron chi connectivity index (χ1n) is 9.46. The van der Waals surface area contributed by atoms with Crippen molar-refractivity contribution in [1.29, 1.82) is 0 Å². The smallest absolute Gasteiger partial charge is 0.247 e. The molecular formula is C20H29N3O2. The number of benzene rings is 1. The van der Waals surface area contributed by atoms with E-state index in [0.717, 1.165) is 38.9 Å². The van der Waals surface area contributed by atoms with Crippen LogP contribution in [0.1, 0.15) is 45.1 Å². The monoisotopic (exact) mass is 343 g/mol. The molecule has 5 heteroatoms. The second-order valence-corrected chi connectivity index (χ2v) is 7.32. The fourth-order valence-electron chi connectivity index (χ4n) is 3.81. The van der Waals surface area contributed by atoms with Crippen LogP contribution in [0.3, 0.4) is 0 Å². The van der Waals surface area contributed by atoms with Crippen LogP contribution in [0.4, 0.5) is 0 Å². The van der Waals surface area contributed by atoms with Crippen molar-refractivity contribution in [2.45, 2.75) is 64.2 Å². The van der Waals surface area contributed by atoms with Crippen LogP contribution in [0.15, 0.2) is 30.3 Å². The molecule has 2 atom stereocenters. The third kappa shape index (κ3) is 4.28. The number of amides is 2. The van der Waals surface area contributed by atoms with Crippen molar-refractivity contribution >= 4 is 11.8 Å². The Morgan fingerprint density at radius 3 is 2.48 bits per heavy atom. The van der Waals surface area contributed by atoms with Gasteiger partial charge in [-0.15, -0.1) is 0 Å². The molecule has 2 fully saturated rings. The van der Waals surface area contributed by atoms with E-state index in [1.54, 1.807) is 0 Å². The van der Waals surface area contributed by atoms with E-state index in [4.69, 9.17) is 0 Å². The zero-order chi connectivity index (χ0) is 17.8. The molecule has 1 N–H and O–H groups in total. The van der Waals surface area contributed by atoms with E-state index < -0.39 is 0 Å². The molecule has 0 radical (unpaired) electrons. The fraction of sp³-hybridized carbons (Fsp3) is 0.600. The van der Waals surface area contributed by atoms with Gasteiger partial charge >= 0.3 is 0 Å². The van der Waals surface area contributed by atoms with Gasteiger partial charge in [0.2, 0.25) is 11.8 Å². The van der Waals surface area contributed by atoms with Crippen molar-refractivity contribution < 1.29 is 9.59 Å². The lowest BCUT2D eigenvalue weighted by Gasteiger charge is -2.33. The zero-order valence-electron chi connectivity index (χ0n) is 15.3. The third-order valence-corrected chi connectivity index (χ3v) is 5.49. The second kappa shape index (κ2) is 8.11. The molecule has 2 heterocycles. The number of carbonyl (C=O) groups is 2. The van der Waals surface area contributed by atoms with Crippen LogP contribution in [0, 0.1) is 0 Å². The van der Waals surface area contributed by atoms with Crippen molar-refractivity contribution in [2.24, 2.45) is 0 Å². The minimum atomic E-state index is -0.327. The molecule has 0 spiro atoms. The summed E-state index contributed by atoms with van der Waals surface area (Å²) in [6.07, 6.45) is 3.16. The van der Waals surface area contributed by atoms with Crippen molar-refractivity contribution in [1.82, 2.24) is 15.1 Å². The van der Waals surface area contributed by atoms with E-state index >= 15 is 0 Å². The number of nitrogens with zero attached hydrogens (tertiary/aromatic N) is 2. The maximum absolute atomic E-state index is 12.5. The molecule has 0 aliphatic carbocycles. The SMILES string of the molecule is CCC(C)N1C(=O)CC(NC2CCN(Cc3ccccc3)CC2)C1=O. The van der Waals surface area contributed by atoms with E-state index in [9.17, 15) is 9.59 Å². The predicted octanol–water partition coefficient (Wildman–Crippen LogP) is 2.17. The van der Waals surface area contributed by atoms with Gasteiger partial charge in [0.1, 0.15) is 0 Å². The molecule has 0 bridgehead atoms. The minimum absolute atomic E-state index is 0.000445. The first-order valence-corrected chi connectivity index (χ1v) is 9.46. The summed E-state index contributed by atoms with van der Waals surface area (Å²) in [4.78, 5) is 28.6. The van der Waals surface area contributed by atoms with Crippen molar-refractivity contribution in [3.63, 3.8) is 0 Å². The second-order valence-electron chi connectivity index (χ2n) is 7.32. The Balaban J connectivity index is 1.48. The lowest BCUT2D eigenvalue weighted by atomic mass is 10.0. The highest BCUT2D eigenvalue weighted by Crippen LogP contribution is 2.21. The van der Waals surface area contributed by atoms with Gasteiger partial charge in [0.05, 0.1) is 12.5 Å². The number of carbonyl (C=O) groups excluding carboxylic acids is 2. The molecule has 2 saturated heterocycles. The molecule has 136 valence electrons. The van der Waals surface area contributed by atoms with E-state index in [1.807, 2.05) is 19.9 Å². The topological polar surface area (TPSA) is 52.7 Å². The van der Waals surface area contributed by atoms with E-state index in [-0.39, 0.29) is 23.9 Å². The molecule has 3 rings (SSSR count). The summed E-state index contributed by atoms with van der Waals surface area (Å²) < 4.78 is 0. The number of hydrogen-bond donors (Lipinski definition) is 1. The zero-order valence-corrected chi connectivity index (χ0v) is 15.3. The number of hydrogen-bond acceptors (Lipinski definition) is 4. The lowest BCUT2D eigenvalue weighted by Crippen LogP contribution is -2.49. The summed E-state index contributed by atoms with van der Waals surface area (Å²) in [5, 5.41) is 3.45. The first-order chi connectivity index (χ1) is 12.1. The van der Waals surface area contributed by atoms with Gasteiger partial charge in [0.15, 0.2) is 0 Å². The summed E-state index contributed by atoms with van der Waals surface area (Å²) in [6, 6.07) is 10.5. The van der Waals surface area contributed by atoms with Gasteiger partial charge < -0.3 is 5.32 Å². The van der Waals surface area contributed by atoms with Gasteiger partial charge in [-0.05, 0) is 44.8 Å². The Kier molecular flexibility index (Phi) is 5.86. The molecule has 1 aromatic rings. The van der Waals surface area contributed by atoms with Crippen LogP contribution in [0.5, 0.6) is 0 Å². The molecule has 2 amide bonds. The highest BCUT2D eigenvalue weighted by molar-refractivity contribution is 6.05. The van der Waals surface area contributed by atoms with Crippen molar-refractivity contribution in [2.75, 3.05) is 13.1 Å². The van der Waals surface area contributed by atoms with Gasteiger partial charge in [-0.25, -0.2) is 0 Å². The minimum Gasteiger partial charge on any atom is -0.303 e. The quantitative estimate of drug-likeness (QED) is 0.805. The van der Waals surface area contributed by atoms with Crippen LogP contribution < -0.4 is 5.32 Å². The molecule has 2 aliphatic rings. The molecular weight excluding hydrogens is 314 g/mol. The first kappa shape index (κ1) is 18.1. The maximum atomic E-state index is 12.5. The molecule has 0 saturated carbocycles. The van der Waals surface area contributed by atoms with E-state index in [2.05, 4.69) is 34.5 Å². The molecule has 2 aliphatic heterocycles. The van der Waals surface area contributed by atoms with E-state index in [0.29, 0.717) is 12.5 Å². The van der Waals surface area contributed by atoms with Crippen LogP contribution in [-0.4, -0.2) is 52.8 Å². The number of nitrogens with one attached hydrogen (secondary N) is 1. The Morgan fingerprint density at radius 2 is 1.84 bits per heavy atom. The van der Waals surface area contributed by atoms with Gasteiger partial charge in [-0.2, -0.15) is 0 Å². The Labute approximate surface area is 150 Å². The van der Waals surface area contributed by atoms with E-state index in [1.165, 1.54) is 10.5 Å². The third-order valence-electron chi connectivity index (χ3n) is 5.49. The normalized spacial score (nSPS) is 24.1. The highest BCUT2D eigenvalue weighted by Gasteiger charge is 2.41. The van der Waals surface area contributed by atoms with Crippen LogP contribution >= 0.6 is 0 Å². The van der Waals surface area contributed by atoms with Gasteiger partial charge in [0.25, 0.3) is 0 Å². The van der Waals surface area contributed by atoms with Crippen molar-refractivity contribution in [3.05, 3.63) is 35.9 Å².